The summed E-state index contributed by atoms with van der Waals surface area (Å²) in [6, 6.07) is 17.1. The zero-order chi connectivity index (χ0) is 21.6. The lowest BCUT2D eigenvalue weighted by Gasteiger charge is -2.19. The molecule has 0 unspecified atom stereocenters. The number of hydrogen-bond acceptors (Lipinski definition) is 2. The van der Waals surface area contributed by atoms with Crippen molar-refractivity contribution in [1.82, 2.24) is 14.8 Å². The van der Waals surface area contributed by atoms with E-state index in [-0.39, 0.29) is 11.8 Å². The van der Waals surface area contributed by atoms with Crippen LogP contribution in [0.5, 0.6) is 0 Å². The first-order valence-electron chi connectivity index (χ1n) is 11.9. The first-order valence-corrected chi connectivity index (χ1v) is 11.9. The van der Waals surface area contributed by atoms with Crippen molar-refractivity contribution in [3.05, 3.63) is 71.4 Å². The van der Waals surface area contributed by atoms with E-state index < -0.39 is 0 Å². The van der Waals surface area contributed by atoms with Gasteiger partial charge in [0.25, 0.3) is 0 Å². The average Bonchev–Trinajstić information content (AvgIpc) is 3.46. The van der Waals surface area contributed by atoms with E-state index in [1.165, 1.54) is 53.5 Å². The second kappa shape index (κ2) is 10.1. The maximum atomic E-state index is 13.0. The molecule has 4 nitrogen and oxygen atoms in total. The number of likely N-dealkylation sites (tertiary alicyclic amines) is 1. The van der Waals surface area contributed by atoms with E-state index in [4.69, 9.17) is 0 Å². The third-order valence-corrected chi connectivity index (χ3v) is 6.65. The molecule has 0 spiro atoms. The molecule has 4 rings (SSSR count). The molecule has 3 aromatic rings. The molecule has 31 heavy (non-hydrogen) atoms. The topological polar surface area (TPSA) is 37.3 Å². The minimum atomic E-state index is 0.0513. The van der Waals surface area contributed by atoms with Crippen LogP contribution in [0, 0.1) is 0 Å². The molecule has 1 fully saturated rings. The van der Waals surface area contributed by atoms with Gasteiger partial charge >= 0.3 is 0 Å². The van der Waals surface area contributed by atoms with Gasteiger partial charge in [0.05, 0.1) is 5.52 Å². The molecule has 0 bridgehead atoms. The molecule has 1 aliphatic rings. The Labute approximate surface area is 186 Å². The second-order valence-electron chi connectivity index (χ2n) is 8.60. The summed E-state index contributed by atoms with van der Waals surface area (Å²) in [7, 11) is 0. The highest BCUT2D eigenvalue weighted by Gasteiger charge is 2.23. The number of aromatic nitrogens is 1. The molecule has 0 aliphatic carbocycles. The molecular weight excluding hydrogens is 382 g/mol. The van der Waals surface area contributed by atoms with Crippen molar-refractivity contribution in [2.24, 2.45) is 0 Å². The number of aryl methyl sites for hydroxylation is 2. The number of carbonyl (C=O) groups is 1. The number of para-hydroxylation sites is 1. The lowest BCUT2D eigenvalue weighted by Crippen LogP contribution is -2.34. The van der Waals surface area contributed by atoms with Gasteiger partial charge in [0.1, 0.15) is 0 Å². The monoisotopic (exact) mass is 417 g/mol. The third kappa shape index (κ3) is 4.85. The molecule has 164 valence electrons. The van der Waals surface area contributed by atoms with Crippen molar-refractivity contribution in [3.8, 4) is 0 Å². The van der Waals surface area contributed by atoms with Gasteiger partial charge < -0.3 is 14.8 Å². The van der Waals surface area contributed by atoms with Crippen molar-refractivity contribution < 1.29 is 4.79 Å². The van der Waals surface area contributed by atoms with E-state index >= 15 is 0 Å². The summed E-state index contributed by atoms with van der Waals surface area (Å²) in [5.41, 5.74) is 5.15. The van der Waals surface area contributed by atoms with Crippen LogP contribution in [0.2, 0.25) is 0 Å². The smallest absolute Gasteiger partial charge is 0.220 e. The maximum Gasteiger partial charge on any atom is 0.220 e. The molecule has 1 atom stereocenters. The molecule has 2 aromatic carbocycles. The summed E-state index contributed by atoms with van der Waals surface area (Å²) < 4.78 is 2.35. The summed E-state index contributed by atoms with van der Waals surface area (Å²) in [6.07, 6.45) is 6.33. The summed E-state index contributed by atoms with van der Waals surface area (Å²) in [5, 5.41) is 4.46. The molecule has 1 saturated heterocycles. The Kier molecular flexibility index (Phi) is 7.08. The van der Waals surface area contributed by atoms with Crippen LogP contribution in [0.25, 0.3) is 10.9 Å². The number of benzene rings is 2. The predicted octanol–water partition coefficient (Wildman–Crippen LogP) is 4.96. The van der Waals surface area contributed by atoms with Crippen LogP contribution in [-0.2, 0) is 17.8 Å². The van der Waals surface area contributed by atoms with Crippen molar-refractivity contribution in [2.75, 3.05) is 26.2 Å². The normalized spacial score (nSPS) is 15.4. The van der Waals surface area contributed by atoms with Gasteiger partial charge in [0.15, 0.2) is 0 Å². The van der Waals surface area contributed by atoms with Crippen LogP contribution in [0.4, 0.5) is 0 Å². The van der Waals surface area contributed by atoms with E-state index in [0.29, 0.717) is 6.42 Å². The first kappa shape index (κ1) is 21.6. The van der Waals surface area contributed by atoms with Gasteiger partial charge in [-0.15, -0.1) is 0 Å². The van der Waals surface area contributed by atoms with E-state index in [1.807, 2.05) is 6.07 Å². The Hall–Kier alpha value is -2.59. The number of carbonyl (C=O) groups excluding carboxylic acids is 1. The SMILES string of the molecule is CCc1cccc2c([C@H](CC(=O)NCCN3CCCC3)c3ccccc3)cn(CC)c12. The Balaban J connectivity index is 1.61. The Bertz CT molecular complexity index is 1000. The standard InChI is InChI=1S/C27H35N3O/c1-3-21-13-10-14-23-25(20-30(4-2)27(21)23)24(22-11-6-5-7-12-22)19-26(31)28-15-18-29-16-8-9-17-29/h5-7,10-14,20,24H,3-4,8-9,15-19H2,1-2H3,(H,28,31)/t24-/m1/s1. The van der Waals surface area contributed by atoms with Gasteiger partial charge in [-0.2, -0.15) is 0 Å². The maximum absolute atomic E-state index is 13.0. The van der Waals surface area contributed by atoms with Crippen LogP contribution in [0.3, 0.4) is 0 Å². The quantitative estimate of drug-likeness (QED) is 0.534. The molecule has 1 amide bonds. The zero-order valence-electron chi connectivity index (χ0n) is 18.9. The number of hydrogen-bond donors (Lipinski definition) is 1. The van der Waals surface area contributed by atoms with Crippen LogP contribution in [-0.4, -0.2) is 41.6 Å². The van der Waals surface area contributed by atoms with Crippen molar-refractivity contribution in [1.29, 1.82) is 0 Å². The number of nitrogens with zero attached hydrogens (tertiary/aromatic N) is 2. The minimum absolute atomic E-state index is 0.0513. The van der Waals surface area contributed by atoms with Gasteiger partial charge in [-0.05, 0) is 56.0 Å². The minimum Gasteiger partial charge on any atom is -0.355 e. The zero-order valence-corrected chi connectivity index (χ0v) is 18.9. The molecule has 0 radical (unpaired) electrons. The summed E-state index contributed by atoms with van der Waals surface area (Å²) in [4.78, 5) is 15.4. The molecule has 1 aliphatic heterocycles. The fraction of sp³-hybridized carbons (Fsp3) is 0.444. The summed E-state index contributed by atoms with van der Waals surface area (Å²) in [5.74, 6) is 0.187. The molecule has 1 N–H and O–H groups in total. The highest BCUT2D eigenvalue weighted by molar-refractivity contribution is 5.89. The summed E-state index contributed by atoms with van der Waals surface area (Å²) >= 11 is 0. The van der Waals surface area contributed by atoms with Gasteiger partial charge in [-0.3, -0.25) is 4.79 Å². The van der Waals surface area contributed by atoms with E-state index in [2.05, 4.69) is 77.3 Å². The molecule has 4 heteroatoms. The Morgan fingerprint density at radius 3 is 2.52 bits per heavy atom. The second-order valence-corrected chi connectivity index (χ2v) is 8.60. The van der Waals surface area contributed by atoms with Gasteiger partial charge in [-0.25, -0.2) is 0 Å². The summed E-state index contributed by atoms with van der Waals surface area (Å²) in [6.45, 7) is 9.35. The number of rotatable bonds is 9. The Morgan fingerprint density at radius 1 is 1.03 bits per heavy atom. The van der Waals surface area contributed by atoms with Crippen LogP contribution in [0.15, 0.2) is 54.7 Å². The van der Waals surface area contributed by atoms with Gasteiger partial charge in [-0.1, -0.05) is 55.5 Å². The molecular formula is C27H35N3O. The first-order chi connectivity index (χ1) is 15.2. The van der Waals surface area contributed by atoms with Gasteiger partial charge in [0, 0.05) is 43.6 Å². The highest BCUT2D eigenvalue weighted by atomic mass is 16.1. The predicted molar refractivity (Wildman–Crippen MR) is 129 cm³/mol. The number of amides is 1. The third-order valence-electron chi connectivity index (χ3n) is 6.65. The Morgan fingerprint density at radius 2 is 1.81 bits per heavy atom. The van der Waals surface area contributed by atoms with Crippen LogP contribution >= 0.6 is 0 Å². The fourth-order valence-corrected chi connectivity index (χ4v) is 4.99. The fourth-order valence-electron chi connectivity index (χ4n) is 4.99. The van der Waals surface area contributed by atoms with Crippen molar-refractivity contribution in [3.63, 3.8) is 0 Å². The lowest BCUT2D eigenvalue weighted by molar-refractivity contribution is -0.121. The van der Waals surface area contributed by atoms with Crippen LogP contribution < -0.4 is 5.32 Å². The molecule has 0 saturated carbocycles. The van der Waals surface area contributed by atoms with E-state index in [1.54, 1.807) is 0 Å². The van der Waals surface area contributed by atoms with E-state index in [9.17, 15) is 4.79 Å². The van der Waals surface area contributed by atoms with Gasteiger partial charge in [0.2, 0.25) is 5.91 Å². The van der Waals surface area contributed by atoms with Crippen LogP contribution in [0.1, 0.15) is 55.7 Å². The average molecular weight is 418 g/mol. The molecule has 1 aromatic heterocycles. The number of fused-ring (bicyclic) bond motifs is 1. The van der Waals surface area contributed by atoms with E-state index in [0.717, 1.165) is 26.1 Å². The van der Waals surface area contributed by atoms with Crippen molar-refractivity contribution >= 4 is 16.8 Å². The highest BCUT2D eigenvalue weighted by Crippen LogP contribution is 2.36. The largest absolute Gasteiger partial charge is 0.355 e. The number of nitrogens with one attached hydrogen (secondary N) is 1. The van der Waals surface area contributed by atoms with Crippen molar-refractivity contribution in [2.45, 2.75) is 52.0 Å². The molecule has 2 heterocycles. The lowest BCUT2D eigenvalue weighted by atomic mass is 9.87.